The standard InChI is InChI=1S/C87H49F3N8/c88-87(89,90)54-33-38-59(53(43-54)50-91)52-44-81(97-83-46-55(93-73-25-9-1-17-60(73)61-18-2-10-26-74(61)93)34-39-68(83)69-40-35-56(47-84(69)97)94-75-27-11-3-19-62(75)63-20-4-12-28-76(63)94)72(51-92)82(45-52)98-85-48-57(95-77-29-13-5-21-64(77)65-22-6-14-30-78(65)95)36-41-70(85)71-42-37-58(49-86(71)98)96-79-31-15-7-23-66(79)67-24-8-16-32-80(67)96/h1-49H. The van der Waals surface area contributed by atoms with Crippen LogP contribution in [0.15, 0.2) is 297 Å². The van der Waals surface area contributed by atoms with E-state index in [2.05, 4.69) is 306 Å². The molecule has 6 heterocycles. The summed E-state index contributed by atoms with van der Waals surface area (Å²) in [4.78, 5) is 0. The molecule has 0 fully saturated rings. The van der Waals surface area contributed by atoms with Crippen LogP contribution in [0.2, 0.25) is 0 Å². The molecule has 98 heavy (non-hydrogen) atoms. The van der Waals surface area contributed by atoms with Gasteiger partial charge in [0.25, 0.3) is 0 Å². The lowest BCUT2D eigenvalue weighted by molar-refractivity contribution is -0.137. The van der Waals surface area contributed by atoms with E-state index < -0.39 is 11.7 Å². The smallest absolute Gasteiger partial charge is 0.309 e. The summed E-state index contributed by atoms with van der Waals surface area (Å²) in [6.07, 6.45) is -4.73. The van der Waals surface area contributed by atoms with Crippen molar-refractivity contribution < 1.29 is 13.2 Å². The van der Waals surface area contributed by atoms with Gasteiger partial charge in [-0.05, 0) is 132 Å². The monoisotopic (exact) mass is 1260 g/mol. The van der Waals surface area contributed by atoms with Crippen molar-refractivity contribution in [2.45, 2.75) is 6.18 Å². The Morgan fingerprint density at radius 2 is 0.500 bits per heavy atom. The van der Waals surface area contributed by atoms with Crippen LogP contribution in [0.4, 0.5) is 13.2 Å². The molecule has 0 N–H and O–H groups in total. The summed E-state index contributed by atoms with van der Waals surface area (Å²) in [6, 6.07) is 105. The average Bonchev–Trinajstić information content (AvgIpc) is 1.54. The Labute approximate surface area is 556 Å². The highest BCUT2D eigenvalue weighted by atomic mass is 19.4. The molecule has 0 aliphatic carbocycles. The van der Waals surface area contributed by atoms with E-state index >= 15 is 0 Å². The van der Waals surface area contributed by atoms with E-state index in [0.29, 0.717) is 16.9 Å². The van der Waals surface area contributed by atoms with Crippen molar-refractivity contribution in [3.8, 4) is 57.4 Å². The topological polar surface area (TPSA) is 77.2 Å². The second-order valence-corrected chi connectivity index (χ2v) is 25.3. The highest BCUT2D eigenvalue weighted by Gasteiger charge is 2.32. The third-order valence-corrected chi connectivity index (χ3v) is 20.3. The lowest BCUT2D eigenvalue weighted by atomic mass is 9.95. The molecule has 0 unspecified atom stereocenters. The minimum Gasteiger partial charge on any atom is -0.309 e. The zero-order chi connectivity index (χ0) is 65.2. The Hall–Kier alpha value is -13.4. The molecule has 0 amide bonds. The van der Waals surface area contributed by atoms with Gasteiger partial charge in [0.15, 0.2) is 0 Å². The fourth-order valence-electron chi connectivity index (χ4n) is 16.2. The summed E-state index contributed by atoms with van der Waals surface area (Å²) >= 11 is 0. The summed E-state index contributed by atoms with van der Waals surface area (Å²) in [5, 5.41) is 36.2. The Morgan fingerprint density at radius 3 is 0.745 bits per heavy atom. The van der Waals surface area contributed by atoms with Crippen LogP contribution < -0.4 is 0 Å². The largest absolute Gasteiger partial charge is 0.416 e. The molecule has 458 valence electrons. The van der Waals surface area contributed by atoms with Gasteiger partial charge in [0, 0.05) is 87.4 Å². The number of nitrogens with zero attached hydrogens (tertiary/aromatic N) is 8. The van der Waals surface area contributed by atoms with E-state index in [-0.39, 0.29) is 16.7 Å². The molecule has 14 aromatic carbocycles. The van der Waals surface area contributed by atoms with E-state index in [1.807, 2.05) is 12.1 Å². The molecule has 6 aromatic heterocycles. The van der Waals surface area contributed by atoms with Crippen molar-refractivity contribution in [2.75, 3.05) is 0 Å². The second-order valence-electron chi connectivity index (χ2n) is 25.3. The van der Waals surface area contributed by atoms with Crippen LogP contribution in [0.3, 0.4) is 0 Å². The number of fused-ring (bicyclic) bond motifs is 18. The molecular weight excluding hydrogens is 1210 g/mol. The van der Waals surface area contributed by atoms with Crippen molar-refractivity contribution in [3.05, 3.63) is 314 Å². The molecule has 0 radical (unpaired) electrons. The van der Waals surface area contributed by atoms with Crippen LogP contribution in [0.5, 0.6) is 0 Å². The van der Waals surface area contributed by atoms with Gasteiger partial charge in [-0.1, -0.05) is 176 Å². The van der Waals surface area contributed by atoms with Gasteiger partial charge in [0.1, 0.15) is 11.6 Å². The average molecular weight is 1260 g/mol. The van der Waals surface area contributed by atoms with E-state index in [1.165, 1.54) is 6.07 Å². The fraction of sp³-hybridized carbons (Fsp3) is 0.0115. The van der Waals surface area contributed by atoms with Crippen LogP contribution in [-0.2, 0) is 6.18 Å². The number of hydrogen-bond donors (Lipinski definition) is 0. The van der Waals surface area contributed by atoms with Crippen molar-refractivity contribution in [3.63, 3.8) is 0 Å². The first-order valence-electron chi connectivity index (χ1n) is 32.5. The highest BCUT2D eigenvalue weighted by Crippen LogP contribution is 2.46. The van der Waals surface area contributed by atoms with Gasteiger partial charge in [-0.3, -0.25) is 0 Å². The lowest BCUT2D eigenvalue weighted by Gasteiger charge is -2.20. The zero-order valence-corrected chi connectivity index (χ0v) is 52.0. The van der Waals surface area contributed by atoms with E-state index in [1.54, 1.807) is 0 Å². The Kier molecular flexibility index (Phi) is 11.6. The third kappa shape index (κ3) is 7.81. The normalized spacial score (nSPS) is 12.2. The minimum atomic E-state index is -4.73. The van der Waals surface area contributed by atoms with Gasteiger partial charge >= 0.3 is 6.18 Å². The van der Waals surface area contributed by atoms with E-state index in [9.17, 15) is 23.7 Å². The minimum absolute atomic E-state index is 0.171. The number of hydrogen-bond acceptors (Lipinski definition) is 2. The van der Waals surface area contributed by atoms with Crippen LogP contribution in [0.1, 0.15) is 16.7 Å². The summed E-state index contributed by atoms with van der Waals surface area (Å²) in [5.74, 6) is 0. The highest BCUT2D eigenvalue weighted by molar-refractivity contribution is 6.17. The molecular formula is C87H49F3N8. The van der Waals surface area contributed by atoms with Gasteiger partial charge in [-0.2, -0.15) is 23.7 Å². The molecule has 0 saturated heterocycles. The second kappa shape index (κ2) is 20.6. The maximum Gasteiger partial charge on any atom is 0.416 e. The molecule has 8 nitrogen and oxygen atoms in total. The number of nitriles is 2. The van der Waals surface area contributed by atoms with E-state index in [0.717, 1.165) is 166 Å². The predicted octanol–water partition coefficient (Wildman–Crippen LogP) is 22.7. The number of rotatable bonds is 7. The molecule has 0 aliphatic rings. The summed E-state index contributed by atoms with van der Waals surface area (Å²) in [7, 11) is 0. The molecule has 0 spiro atoms. The van der Waals surface area contributed by atoms with Gasteiger partial charge in [-0.15, -0.1) is 0 Å². The summed E-state index contributed by atoms with van der Waals surface area (Å²) in [6.45, 7) is 0. The quantitative estimate of drug-likeness (QED) is 0.159. The van der Waals surface area contributed by atoms with Crippen molar-refractivity contribution in [1.29, 1.82) is 10.5 Å². The van der Waals surface area contributed by atoms with Gasteiger partial charge in [0.2, 0.25) is 0 Å². The maximum atomic E-state index is 14.9. The summed E-state index contributed by atoms with van der Waals surface area (Å²) in [5.41, 5.74) is 15.5. The van der Waals surface area contributed by atoms with Crippen molar-refractivity contribution in [1.82, 2.24) is 27.4 Å². The van der Waals surface area contributed by atoms with Crippen LogP contribution in [0.25, 0.3) is 176 Å². The third-order valence-electron chi connectivity index (χ3n) is 20.3. The van der Waals surface area contributed by atoms with Crippen LogP contribution in [-0.4, -0.2) is 27.4 Å². The van der Waals surface area contributed by atoms with Gasteiger partial charge in [-0.25, -0.2) is 0 Å². The molecule has 0 saturated carbocycles. The molecule has 0 bridgehead atoms. The fourth-order valence-corrected chi connectivity index (χ4v) is 16.2. The Balaban J connectivity index is 0.952. The van der Waals surface area contributed by atoms with Crippen molar-refractivity contribution >= 4 is 131 Å². The number of alkyl halides is 3. The predicted molar refractivity (Wildman–Crippen MR) is 392 cm³/mol. The van der Waals surface area contributed by atoms with Gasteiger partial charge in [0.05, 0.1) is 94.8 Å². The first kappa shape index (κ1) is 55.1. The number of para-hydroxylation sites is 8. The van der Waals surface area contributed by atoms with Crippen LogP contribution in [0, 0.1) is 22.7 Å². The Bertz CT molecular complexity index is 6040. The molecule has 20 aromatic rings. The zero-order valence-electron chi connectivity index (χ0n) is 52.0. The summed E-state index contributed by atoms with van der Waals surface area (Å²) < 4.78 is 58.2. The van der Waals surface area contributed by atoms with Crippen LogP contribution >= 0.6 is 0 Å². The molecule has 11 heteroatoms. The number of aromatic nitrogens is 6. The molecule has 20 rings (SSSR count). The lowest BCUT2D eigenvalue weighted by Crippen LogP contribution is -2.07. The first-order chi connectivity index (χ1) is 48.2. The van der Waals surface area contributed by atoms with E-state index in [4.69, 9.17) is 0 Å². The maximum absolute atomic E-state index is 14.9. The SMILES string of the molecule is N#Cc1cc(C(F)(F)F)ccc1-c1cc(-n2c3cc(-n4c5ccccc5c5ccccc54)ccc3c3ccc(-n4c5ccccc5c5ccccc54)cc32)c(C#N)c(-n2c3cc(-n4c5ccccc5c5ccccc54)ccc3c3ccc(-n4c5ccccc5c5ccccc54)cc32)c1. The Morgan fingerprint density at radius 1 is 0.245 bits per heavy atom. The number of halogens is 3. The van der Waals surface area contributed by atoms with Gasteiger partial charge < -0.3 is 27.4 Å². The molecule has 0 atom stereocenters. The number of benzene rings is 14. The van der Waals surface area contributed by atoms with Crippen molar-refractivity contribution in [2.24, 2.45) is 0 Å². The molecule has 0 aliphatic heterocycles. The first-order valence-corrected chi connectivity index (χ1v) is 32.5.